The van der Waals surface area contributed by atoms with Gasteiger partial charge in [-0.2, -0.15) is 18.3 Å². The number of anilines is 1. The van der Waals surface area contributed by atoms with Gasteiger partial charge in [-0.25, -0.2) is 4.39 Å². The van der Waals surface area contributed by atoms with Crippen LogP contribution >= 0.6 is 0 Å². The average Bonchev–Trinajstić information content (AvgIpc) is 3.86. The van der Waals surface area contributed by atoms with Crippen LogP contribution in [0.15, 0.2) is 24.4 Å². The fourth-order valence-corrected chi connectivity index (χ4v) is 5.35. The van der Waals surface area contributed by atoms with Crippen molar-refractivity contribution in [3.63, 3.8) is 0 Å². The van der Waals surface area contributed by atoms with E-state index in [0.717, 1.165) is 31.7 Å². The molecule has 9 nitrogen and oxygen atoms in total. The largest absolute Gasteiger partial charge is 0.405 e. The second-order valence-corrected chi connectivity index (χ2v) is 11.2. The van der Waals surface area contributed by atoms with Crippen LogP contribution in [0.2, 0.25) is 0 Å². The zero-order valence-corrected chi connectivity index (χ0v) is 23.2. The van der Waals surface area contributed by atoms with Crippen molar-refractivity contribution in [1.29, 1.82) is 0 Å². The van der Waals surface area contributed by atoms with E-state index in [1.807, 2.05) is 13.8 Å². The van der Waals surface area contributed by atoms with Crippen LogP contribution in [0, 0.1) is 23.6 Å². The molecule has 2 fully saturated rings. The van der Waals surface area contributed by atoms with Crippen molar-refractivity contribution >= 4 is 23.4 Å². The lowest BCUT2D eigenvalue weighted by Crippen LogP contribution is -2.50. The first-order valence-corrected chi connectivity index (χ1v) is 13.8. The molecule has 0 radical (unpaired) electrons. The minimum Gasteiger partial charge on any atom is -0.346 e. The van der Waals surface area contributed by atoms with Crippen LogP contribution in [-0.4, -0.2) is 46.3 Å². The Hall–Kier alpha value is -3.48. The monoisotopic (exact) mass is 580 g/mol. The van der Waals surface area contributed by atoms with Crippen LogP contribution in [0.3, 0.4) is 0 Å². The maximum Gasteiger partial charge on any atom is 0.405 e. The van der Waals surface area contributed by atoms with E-state index in [4.69, 9.17) is 5.73 Å². The summed E-state index contributed by atoms with van der Waals surface area (Å²) in [7, 11) is 0. The first-order valence-electron chi connectivity index (χ1n) is 13.8. The van der Waals surface area contributed by atoms with Crippen molar-refractivity contribution in [2.45, 2.75) is 77.2 Å². The van der Waals surface area contributed by atoms with Crippen LogP contribution in [0.5, 0.6) is 0 Å². The molecule has 1 unspecified atom stereocenters. The van der Waals surface area contributed by atoms with Gasteiger partial charge >= 0.3 is 6.18 Å². The van der Waals surface area contributed by atoms with Gasteiger partial charge in [0.25, 0.3) is 5.91 Å². The number of halogens is 4. The molecule has 2 aliphatic carbocycles. The molecule has 13 heteroatoms. The Balaban J connectivity index is 1.57. The number of hydrogen-bond donors (Lipinski definition) is 4. The lowest BCUT2D eigenvalue weighted by Gasteiger charge is -2.28. The topological polar surface area (TPSA) is 131 Å². The van der Waals surface area contributed by atoms with Gasteiger partial charge in [0.15, 0.2) is 0 Å². The van der Waals surface area contributed by atoms with E-state index in [1.54, 1.807) is 16.1 Å². The molecule has 0 aliphatic heterocycles. The average molecular weight is 581 g/mol. The van der Waals surface area contributed by atoms with Crippen LogP contribution in [0.25, 0.3) is 0 Å². The van der Waals surface area contributed by atoms with E-state index in [1.165, 1.54) is 19.2 Å². The molecule has 1 aromatic carbocycles. The molecule has 0 saturated heterocycles. The molecular weight excluding hydrogens is 544 g/mol. The molecule has 3 amide bonds. The summed E-state index contributed by atoms with van der Waals surface area (Å²) in [5, 5.41) is 11.5. The summed E-state index contributed by atoms with van der Waals surface area (Å²) in [5.74, 6) is -3.53. The Kier molecular flexibility index (Phi) is 9.05. The molecule has 1 aromatic heterocycles. The Labute approximate surface area is 235 Å². The number of nitrogens with two attached hydrogens (primary N) is 1. The third-order valence-electron chi connectivity index (χ3n) is 7.71. The van der Waals surface area contributed by atoms with Gasteiger partial charge in [-0.3, -0.25) is 19.1 Å². The number of nitrogens with one attached hydrogen (secondary N) is 3. The second-order valence-electron chi connectivity index (χ2n) is 11.2. The summed E-state index contributed by atoms with van der Waals surface area (Å²) in [6.45, 7) is 3.45. The summed E-state index contributed by atoms with van der Waals surface area (Å²) in [6.07, 6.45) is 0.696. The summed E-state index contributed by atoms with van der Waals surface area (Å²) in [4.78, 5) is 39.3. The lowest BCUT2D eigenvalue weighted by atomic mass is 9.88. The Morgan fingerprint density at radius 3 is 2.24 bits per heavy atom. The zero-order valence-electron chi connectivity index (χ0n) is 23.2. The molecule has 41 heavy (non-hydrogen) atoms. The number of nitrogens with zero attached hydrogens (tertiary/aromatic N) is 2. The van der Waals surface area contributed by atoms with Crippen molar-refractivity contribution in [1.82, 2.24) is 20.4 Å². The van der Waals surface area contributed by atoms with Crippen molar-refractivity contribution < 1.29 is 31.9 Å². The predicted molar refractivity (Wildman–Crippen MR) is 143 cm³/mol. The highest BCUT2D eigenvalue weighted by Crippen LogP contribution is 2.51. The molecule has 224 valence electrons. The normalized spacial score (nSPS) is 16.9. The standard InChI is InChI=1S/C28H36F4N6O3/c1-14(2)38-22(8-9-35-38)26(40)37-24(23(16-4-5-16)17-6-7-17)27(41)36-21-10-18(12-33)19(11-20(21)29)15(3)25(39)34-13-28(30,31)32/h8-11,14-17,23-24H,4-7,12-13,33H2,1-3H3,(H,34,39)(H,36,41)(H,37,40)/t15?,24-/m0/s1. The quantitative estimate of drug-likeness (QED) is 0.282. The molecule has 5 N–H and O–H groups in total. The summed E-state index contributed by atoms with van der Waals surface area (Å²) < 4.78 is 54.5. The second kappa shape index (κ2) is 12.2. The summed E-state index contributed by atoms with van der Waals surface area (Å²) >= 11 is 0. The molecule has 2 atom stereocenters. The van der Waals surface area contributed by atoms with E-state index in [0.29, 0.717) is 11.3 Å². The molecule has 0 spiro atoms. The highest BCUT2D eigenvalue weighted by molar-refractivity contribution is 6.01. The van der Waals surface area contributed by atoms with Gasteiger partial charge in [-0.15, -0.1) is 0 Å². The van der Waals surface area contributed by atoms with Crippen LogP contribution in [0.1, 0.15) is 80.0 Å². The SMILES string of the molecule is CC(C(=O)NCC(F)(F)F)c1cc(F)c(NC(=O)[C@@H](NC(=O)c2ccnn2C(C)C)C(C2CC2)C2CC2)cc1CN. The van der Waals surface area contributed by atoms with Crippen molar-refractivity contribution in [3.8, 4) is 0 Å². The highest BCUT2D eigenvalue weighted by atomic mass is 19.4. The van der Waals surface area contributed by atoms with Gasteiger partial charge < -0.3 is 21.7 Å². The third kappa shape index (κ3) is 7.43. The highest BCUT2D eigenvalue weighted by Gasteiger charge is 2.48. The van der Waals surface area contributed by atoms with Gasteiger partial charge in [0.05, 0.1) is 11.6 Å². The number of aromatic nitrogens is 2. The number of amides is 3. The number of rotatable bonds is 12. The van der Waals surface area contributed by atoms with E-state index in [2.05, 4.69) is 15.7 Å². The Morgan fingerprint density at radius 2 is 1.71 bits per heavy atom. The van der Waals surface area contributed by atoms with E-state index < -0.39 is 48.2 Å². The fraction of sp³-hybridized carbons (Fsp3) is 0.571. The number of benzene rings is 1. The number of carbonyl (C=O) groups excluding carboxylic acids is 3. The van der Waals surface area contributed by atoms with Gasteiger partial charge in [0.1, 0.15) is 24.1 Å². The third-order valence-corrected chi connectivity index (χ3v) is 7.71. The fourth-order valence-electron chi connectivity index (χ4n) is 5.35. The minimum absolute atomic E-state index is 0.0825. The number of hydrogen-bond acceptors (Lipinski definition) is 5. The first-order chi connectivity index (χ1) is 19.3. The molecular formula is C28H36F4N6O3. The maximum absolute atomic E-state index is 15.3. The number of alkyl halides is 3. The Morgan fingerprint density at radius 1 is 1.07 bits per heavy atom. The van der Waals surface area contributed by atoms with Gasteiger partial charge in [-0.1, -0.05) is 0 Å². The summed E-state index contributed by atoms with van der Waals surface area (Å²) in [5.41, 5.74) is 6.35. The van der Waals surface area contributed by atoms with Crippen molar-refractivity contribution in [3.05, 3.63) is 47.0 Å². The van der Waals surface area contributed by atoms with Crippen LogP contribution in [-0.2, 0) is 16.1 Å². The van der Waals surface area contributed by atoms with Crippen molar-refractivity contribution in [2.75, 3.05) is 11.9 Å². The molecule has 1 heterocycles. The first kappa shape index (κ1) is 30.5. The van der Waals surface area contributed by atoms with E-state index in [9.17, 15) is 27.6 Å². The summed E-state index contributed by atoms with van der Waals surface area (Å²) in [6, 6.07) is 2.85. The predicted octanol–water partition coefficient (Wildman–Crippen LogP) is 4.02. The number of carbonyl (C=O) groups is 3. The van der Waals surface area contributed by atoms with Crippen molar-refractivity contribution in [2.24, 2.45) is 23.5 Å². The van der Waals surface area contributed by atoms with E-state index >= 15 is 4.39 Å². The lowest BCUT2D eigenvalue weighted by molar-refractivity contribution is -0.139. The van der Waals surface area contributed by atoms with Crippen LogP contribution < -0.4 is 21.7 Å². The Bertz CT molecular complexity index is 1270. The maximum atomic E-state index is 15.3. The van der Waals surface area contributed by atoms with Gasteiger partial charge in [0, 0.05) is 18.8 Å². The minimum atomic E-state index is -4.59. The van der Waals surface area contributed by atoms with E-state index in [-0.39, 0.29) is 41.6 Å². The van der Waals surface area contributed by atoms with Crippen LogP contribution in [0.4, 0.5) is 23.2 Å². The molecule has 2 aliphatic rings. The van der Waals surface area contributed by atoms with Gasteiger partial charge in [-0.05, 0) is 93.5 Å². The molecule has 2 aromatic rings. The molecule has 2 saturated carbocycles. The van der Waals surface area contributed by atoms with Gasteiger partial charge in [0.2, 0.25) is 11.8 Å². The molecule has 0 bridgehead atoms. The molecule has 4 rings (SSSR count). The smallest absolute Gasteiger partial charge is 0.346 e. The zero-order chi connectivity index (χ0) is 30.1.